The van der Waals surface area contributed by atoms with Crippen molar-refractivity contribution in [2.24, 2.45) is 0 Å². The number of esters is 1. The number of terminal acetylenes is 1. The van der Waals surface area contributed by atoms with Crippen molar-refractivity contribution in [3.63, 3.8) is 0 Å². The van der Waals surface area contributed by atoms with Crippen molar-refractivity contribution >= 4 is 23.9 Å². The fraction of sp³-hybridized carbons (Fsp3) is 0.438. The van der Waals surface area contributed by atoms with Gasteiger partial charge in [0.2, 0.25) is 5.91 Å². The average molecular weight is 580 g/mol. The Kier molecular flexibility index (Phi) is 11.7. The number of nitrogens with zero attached hydrogens (tertiary/aromatic N) is 1. The van der Waals surface area contributed by atoms with E-state index < -0.39 is 59.8 Å². The Hall–Kier alpha value is -4.36. The van der Waals surface area contributed by atoms with Gasteiger partial charge >= 0.3 is 12.1 Å². The molecule has 0 aromatic heterocycles. The molecular formula is C32H41N3O7. The zero-order chi connectivity index (χ0) is 31.7. The van der Waals surface area contributed by atoms with Gasteiger partial charge in [-0.1, -0.05) is 66.6 Å². The van der Waals surface area contributed by atoms with Crippen LogP contribution in [0.2, 0.25) is 0 Å². The molecule has 3 unspecified atom stereocenters. The Morgan fingerprint density at radius 1 is 0.905 bits per heavy atom. The fourth-order valence-corrected chi connectivity index (χ4v) is 3.99. The molecule has 10 nitrogen and oxygen atoms in total. The summed E-state index contributed by atoms with van der Waals surface area (Å²) in [7, 11) is 0. The molecule has 0 bridgehead atoms. The van der Waals surface area contributed by atoms with E-state index in [-0.39, 0.29) is 6.42 Å². The molecule has 226 valence electrons. The van der Waals surface area contributed by atoms with Crippen LogP contribution in [-0.2, 0) is 30.3 Å². The molecule has 2 aromatic rings. The van der Waals surface area contributed by atoms with Gasteiger partial charge in [-0.15, -0.1) is 0 Å². The molecule has 0 saturated carbocycles. The lowest BCUT2D eigenvalue weighted by atomic mass is 10.00. The topological polar surface area (TPSA) is 134 Å². The van der Waals surface area contributed by atoms with E-state index in [1.807, 2.05) is 30.3 Å². The number of nitrogens with one attached hydrogen (secondary N) is 2. The smallest absolute Gasteiger partial charge is 0.408 e. The highest BCUT2D eigenvalue weighted by molar-refractivity contribution is 5.95. The van der Waals surface area contributed by atoms with Crippen molar-refractivity contribution < 1.29 is 33.8 Å². The number of carbonyl (C=O) groups is 4. The van der Waals surface area contributed by atoms with E-state index in [1.54, 1.807) is 72.7 Å². The van der Waals surface area contributed by atoms with Crippen molar-refractivity contribution in [3.05, 3.63) is 71.3 Å². The third-order valence-electron chi connectivity index (χ3n) is 5.70. The highest BCUT2D eigenvalue weighted by Gasteiger charge is 2.38. The number of carbonyl (C=O) groups excluding carboxylic acids is 4. The highest BCUT2D eigenvalue weighted by atomic mass is 16.6. The van der Waals surface area contributed by atoms with Gasteiger partial charge < -0.3 is 25.2 Å². The van der Waals surface area contributed by atoms with E-state index >= 15 is 0 Å². The van der Waals surface area contributed by atoms with E-state index in [9.17, 15) is 24.3 Å². The molecule has 0 heterocycles. The van der Waals surface area contributed by atoms with Crippen LogP contribution in [0.25, 0.3) is 0 Å². The van der Waals surface area contributed by atoms with Crippen LogP contribution in [0.3, 0.4) is 0 Å². The number of aliphatic hydroxyl groups is 1. The molecule has 0 saturated heterocycles. The van der Waals surface area contributed by atoms with Crippen LogP contribution in [0.15, 0.2) is 54.6 Å². The average Bonchev–Trinajstić information content (AvgIpc) is 2.88. The Labute approximate surface area is 247 Å². The van der Waals surface area contributed by atoms with E-state index in [2.05, 4.69) is 16.7 Å². The fourth-order valence-electron chi connectivity index (χ4n) is 3.99. The van der Waals surface area contributed by atoms with Crippen molar-refractivity contribution in [1.82, 2.24) is 15.5 Å². The molecule has 0 aliphatic heterocycles. The first-order valence-corrected chi connectivity index (χ1v) is 13.6. The van der Waals surface area contributed by atoms with Gasteiger partial charge in [0.15, 0.2) is 0 Å². The first-order valence-electron chi connectivity index (χ1n) is 13.6. The van der Waals surface area contributed by atoms with Crippen LogP contribution in [0.5, 0.6) is 0 Å². The molecule has 0 aliphatic carbocycles. The van der Waals surface area contributed by atoms with Gasteiger partial charge in [0.05, 0.1) is 6.61 Å². The third kappa shape index (κ3) is 10.6. The van der Waals surface area contributed by atoms with Crippen LogP contribution in [0.4, 0.5) is 4.79 Å². The summed E-state index contributed by atoms with van der Waals surface area (Å²) in [5.41, 5.74) is 0.226. The lowest BCUT2D eigenvalue weighted by Crippen LogP contribution is -2.54. The van der Waals surface area contributed by atoms with Crippen molar-refractivity contribution in [2.75, 3.05) is 6.61 Å². The van der Waals surface area contributed by atoms with Gasteiger partial charge in [-0.25, -0.2) is 9.59 Å². The van der Waals surface area contributed by atoms with Crippen LogP contribution in [-0.4, -0.2) is 63.8 Å². The summed E-state index contributed by atoms with van der Waals surface area (Å²) < 4.78 is 10.8. The second kappa shape index (κ2) is 14.5. The van der Waals surface area contributed by atoms with E-state index in [0.717, 1.165) is 16.0 Å². The summed E-state index contributed by atoms with van der Waals surface area (Å²) in [6.07, 6.45) is 4.94. The number of amides is 3. The second-order valence-electron chi connectivity index (χ2n) is 11.8. The Morgan fingerprint density at radius 3 is 2.05 bits per heavy atom. The highest BCUT2D eigenvalue weighted by Crippen LogP contribution is 2.24. The normalized spacial score (nSPS) is 13.5. The summed E-state index contributed by atoms with van der Waals surface area (Å²) >= 11 is 0. The van der Waals surface area contributed by atoms with Gasteiger partial charge in [-0.3, -0.25) is 14.5 Å². The molecule has 2 aromatic carbocycles. The minimum Gasteiger partial charge on any atom is -0.458 e. The Balaban J connectivity index is 2.48. The number of hydrogen-bond donors (Lipinski definition) is 3. The predicted octanol–water partition coefficient (Wildman–Crippen LogP) is 3.41. The first kappa shape index (κ1) is 33.8. The van der Waals surface area contributed by atoms with Gasteiger partial charge in [-0.05, 0) is 59.6 Å². The zero-order valence-corrected chi connectivity index (χ0v) is 25.3. The Morgan fingerprint density at radius 2 is 1.52 bits per heavy atom. The first-order chi connectivity index (χ1) is 19.5. The predicted molar refractivity (Wildman–Crippen MR) is 158 cm³/mol. The summed E-state index contributed by atoms with van der Waals surface area (Å²) in [6, 6.07) is 14.1. The summed E-state index contributed by atoms with van der Waals surface area (Å²) in [4.78, 5) is 53.9. The van der Waals surface area contributed by atoms with Gasteiger partial charge in [0.25, 0.3) is 5.91 Å². The maximum atomic E-state index is 14.0. The minimum atomic E-state index is -1.51. The van der Waals surface area contributed by atoms with E-state index in [0.29, 0.717) is 5.56 Å². The minimum absolute atomic E-state index is 0.117. The van der Waals surface area contributed by atoms with Crippen LogP contribution >= 0.6 is 0 Å². The molecule has 3 N–H and O–H groups in total. The summed E-state index contributed by atoms with van der Waals surface area (Å²) in [5, 5.41) is 15.0. The molecule has 3 atom stereocenters. The quantitative estimate of drug-likeness (QED) is 0.223. The summed E-state index contributed by atoms with van der Waals surface area (Å²) in [5.74, 6) is -2.35. The SMILES string of the molecule is C#CN(C(=O)C(CO)NC(=O)OC(C)(C)C)C(C(=O)NC(Cc1ccccc1)C(=O)OC(C)(C)C)c1cccc(C)c1. The van der Waals surface area contributed by atoms with E-state index in [1.165, 1.54) is 0 Å². The van der Waals surface area contributed by atoms with Crippen LogP contribution in [0.1, 0.15) is 64.3 Å². The lowest BCUT2D eigenvalue weighted by molar-refractivity contribution is -0.159. The standard InChI is InChI=1S/C32H41N3O7/c1-9-35(28(38)25(20-36)34-30(40)42-32(6,7)8)26(23-17-13-14-21(2)18-23)27(37)33-24(29(39)41-31(3,4)5)19-22-15-11-10-12-16-22/h1,10-18,24-26,36H,19-20H2,2-8H3,(H,33,37)(H,34,40). The maximum absolute atomic E-state index is 14.0. The number of hydrogen-bond acceptors (Lipinski definition) is 7. The summed E-state index contributed by atoms with van der Waals surface area (Å²) in [6.45, 7) is 11.1. The molecular weight excluding hydrogens is 538 g/mol. The van der Waals surface area contributed by atoms with Gasteiger partial charge in [0.1, 0.15) is 29.3 Å². The monoisotopic (exact) mass is 579 g/mol. The number of alkyl carbamates (subject to hydrolysis) is 1. The molecule has 42 heavy (non-hydrogen) atoms. The second-order valence-corrected chi connectivity index (χ2v) is 11.8. The van der Waals surface area contributed by atoms with Crippen molar-refractivity contribution in [2.45, 2.75) is 84.2 Å². The maximum Gasteiger partial charge on any atom is 0.408 e. The number of benzene rings is 2. The largest absolute Gasteiger partial charge is 0.458 e. The number of ether oxygens (including phenoxy) is 2. The lowest BCUT2D eigenvalue weighted by Gasteiger charge is -2.31. The molecule has 3 amide bonds. The van der Waals surface area contributed by atoms with Crippen molar-refractivity contribution in [1.29, 1.82) is 0 Å². The third-order valence-corrected chi connectivity index (χ3v) is 5.70. The van der Waals surface area contributed by atoms with Crippen molar-refractivity contribution in [3.8, 4) is 12.5 Å². The van der Waals surface area contributed by atoms with Crippen LogP contribution < -0.4 is 10.6 Å². The Bertz CT molecular complexity index is 1290. The van der Waals surface area contributed by atoms with E-state index in [4.69, 9.17) is 15.9 Å². The van der Waals surface area contributed by atoms with Gasteiger partial charge in [-0.2, -0.15) is 0 Å². The number of rotatable bonds is 10. The molecule has 0 fully saturated rings. The molecule has 0 radical (unpaired) electrons. The molecule has 0 aliphatic rings. The van der Waals surface area contributed by atoms with Gasteiger partial charge in [0, 0.05) is 12.5 Å². The molecule has 0 spiro atoms. The zero-order valence-electron chi connectivity index (χ0n) is 25.3. The number of aryl methyl sites for hydroxylation is 1. The molecule has 2 rings (SSSR count). The van der Waals surface area contributed by atoms with Crippen LogP contribution in [0, 0.1) is 19.4 Å². The molecule has 10 heteroatoms. The number of aliphatic hydroxyl groups excluding tert-OH is 1.